The van der Waals surface area contributed by atoms with Gasteiger partial charge in [0, 0.05) is 12.0 Å². The molecule has 36 heavy (non-hydrogen) atoms. The highest BCUT2D eigenvalue weighted by Gasteiger charge is 2.69. The van der Waals surface area contributed by atoms with Gasteiger partial charge in [0.2, 0.25) is 5.91 Å². The minimum atomic E-state index is -1.75. The van der Waals surface area contributed by atoms with Gasteiger partial charge in [0.25, 0.3) is 0 Å². The maximum Gasteiger partial charge on any atom is 0.237 e. The average Bonchev–Trinajstić information content (AvgIpc) is 2.87. The smallest absolute Gasteiger partial charge is 0.237 e. The van der Waals surface area contributed by atoms with E-state index >= 15 is 0 Å². The van der Waals surface area contributed by atoms with Crippen molar-refractivity contribution in [2.45, 2.75) is 67.9 Å². The third kappa shape index (κ3) is 4.06. The van der Waals surface area contributed by atoms with Gasteiger partial charge < -0.3 is 4.90 Å². The van der Waals surface area contributed by atoms with Crippen LogP contribution in [-0.2, 0) is 14.3 Å². The Kier molecular flexibility index (Phi) is 7.36. The number of β-lactam (4-membered cyclic amide) rings is 1. The third-order valence-electron chi connectivity index (χ3n) is 7.44. The molecule has 5 heteroatoms. The van der Waals surface area contributed by atoms with E-state index in [1.165, 1.54) is 0 Å². The molecule has 1 aliphatic rings. The van der Waals surface area contributed by atoms with Crippen molar-refractivity contribution in [1.29, 1.82) is 0 Å². The van der Waals surface area contributed by atoms with Crippen LogP contribution in [0.2, 0.25) is 18.1 Å². The minimum Gasteiger partial charge on any atom is -0.324 e. The fourth-order valence-corrected chi connectivity index (χ4v) is 11.0. The topological polar surface area (TPSA) is 37.4 Å². The van der Waals surface area contributed by atoms with Gasteiger partial charge in [-0.15, -0.1) is 11.8 Å². The van der Waals surface area contributed by atoms with Crippen LogP contribution in [0.5, 0.6) is 0 Å². The molecule has 0 aliphatic carbocycles. The van der Waals surface area contributed by atoms with E-state index in [-0.39, 0.29) is 17.1 Å². The van der Waals surface area contributed by atoms with Crippen molar-refractivity contribution in [1.82, 2.24) is 4.90 Å². The van der Waals surface area contributed by atoms with Crippen LogP contribution in [0.15, 0.2) is 91.0 Å². The highest BCUT2D eigenvalue weighted by molar-refractivity contribution is 8.01. The number of hydrogen-bond acceptors (Lipinski definition) is 3. The Labute approximate surface area is 221 Å². The van der Waals surface area contributed by atoms with Crippen LogP contribution in [0.3, 0.4) is 0 Å². The lowest BCUT2D eigenvalue weighted by atomic mass is 9.83. The van der Waals surface area contributed by atoms with E-state index in [1.54, 1.807) is 11.8 Å². The Morgan fingerprint density at radius 2 is 1.22 bits per heavy atom. The van der Waals surface area contributed by atoms with E-state index in [9.17, 15) is 9.59 Å². The van der Waals surface area contributed by atoms with Crippen LogP contribution in [0.4, 0.5) is 0 Å². The molecule has 1 amide bonds. The second-order valence-corrected chi connectivity index (χ2v) is 15.4. The van der Waals surface area contributed by atoms with Crippen LogP contribution in [0.1, 0.15) is 50.8 Å². The lowest BCUT2D eigenvalue weighted by molar-refractivity contribution is -0.160. The first-order valence-electron chi connectivity index (χ1n) is 12.8. The van der Waals surface area contributed by atoms with Crippen LogP contribution in [0.25, 0.3) is 0 Å². The standard InChI is InChI=1S/C31H37NO2SSi/c1-7-26(33)31(36(5)6)27(34)32(29(2,3)4)28(31)35-30(23-17-11-8-12-18-23,24-19-13-9-14-20-24)25-21-15-10-16-22-25/h8-22,28,36H,7H2,1-6H3. The van der Waals surface area contributed by atoms with Crippen molar-refractivity contribution in [2.75, 3.05) is 0 Å². The largest absolute Gasteiger partial charge is 0.324 e. The molecule has 2 unspecified atom stereocenters. The Bertz CT molecular complexity index is 1110. The number of carbonyl (C=O) groups is 2. The number of likely N-dealkylation sites (tertiary alicyclic amines) is 1. The van der Waals surface area contributed by atoms with Gasteiger partial charge in [-0.2, -0.15) is 0 Å². The number of rotatable bonds is 8. The molecule has 1 heterocycles. The summed E-state index contributed by atoms with van der Waals surface area (Å²) in [6, 6.07) is 31.6. The summed E-state index contributed by atoms with van der Waals surface area (Å²) in [5, 5.41) is -1.18. The molecule has 3 nitrogen and oxygen atoms in total. The molecule has 0 spiro atoms. The molecule has 1 fully saturated rings. The normalized spacial score (nSPS) is 20.4. The highest BCUT2D eigenvalue weighted by atomic mass is 32.2. The minimum absolute atomic E-state index is 0.0177. The van der Waals surface area contributed by atoms with Crippen molar-refractivity contribution < 1.29 is 9.59 Å². The lowest BCUT2D eigenvalue weighted by Crippen LogP contribution is -2.75. The summed E-state index contributed by atoms with van der Waals surface area (Å²) in [7, 11) is -1.75. The number of amides is 1. The van der Waals surface area contributed by atoms with Gasteiger partial charge in [0.15, 0.2) is 0 Å². The van der Waals surface area contributed by atoms with E-state index in [2.05, 4.69) is 107 Å². The predicted octanol–water partition coefficient (Wildman–Crippen LogP) is 6.88. The van der Waals surface area contributed by atoms with E-state index in [0.717, 1.165) is 16.7 Å². The summed E-state index contributed by atoms with van der Waals surface area (Å²) < 4.78 is -0.596. The summed E-state index contributed by atoms with van der Waals surface area (Å²) in [4.78, 5) is 29.7. The first kappa shape index (κ1) is 26.4. The zero-order valence-corrected chi connectivity index (χ0v) is 24.2. The molecule has 3 aromatic rings. The summed E-state index contributed by atoms with van der Waals surface area (Å²) in [6.07, 6.45) is 0.376. The van der Waals surface area contributed by atoms with Crippen LogP contribution < -0.4 is 0 Å². The molecule has 1 aliphatic heterocycles. The number of nitrogens with zero attached hydrogens (tertiary/aromatic N) is 1. The third-order valence-corrected chi connectivity index (χ3v) is 12.3. The quantitative estimate of drug-likeness (QED) is 0.142. The monoisotopic (exact) mass is 515 g/mol. The number of hydrogen-bond donors (Lipinski definition) is 0. The van der Waals surface area contributed by atoms with E-state index in [0.29, 0.717) is 6.42 Å². The molecule has 3 aromatic carbocycles. The number of carbonyl (C=O) groups excluding carboxylic acids is 2. The SMILES string of the molecule is CCC(=O)C1([SiH](C)C)C(=O)N(C(C)(C)C)C1SC(c1ccccc1)(c1ccccc1)c1ccccc1. The van der Waals surface area contributed by atoms with E-state index < -0.39 is 24.1 Å². The summed E-state index contributed by atoms with van der Waals surface area (Å²) >= 11 is 1.77. The molecule has 0 radical (unpaired) electrons. The van der Waals surface area contributed by atoms with Crippen LogP contribution in [0, 0.1) is 0 Å². The zero-order chi connectivity index (χ0) is 26.1. The first-order valence-corrected chi connectivity index (χ1v) is 16.6. The van der Waals surface area contributed by atoms with Crippen molar-refractivity contribution in [3.8, 4) is 0 Å². The Balaban J connectivity index is 2.04. The Hall–Kier alpha value is -2.63. The molecule has 1 saturated heterocycles. The second kappa shape index (κ2) is 10.0. The summed E-state index contributed by atoms with van der Waals surface area (Å²) in [6.45, 7) is 12.5. The Morgan fingerprint density at radius 1 is 0.833 bits per heavy atom. The van der Waals surface area contributed by atoms with E-state index in [4.69, 9.17) is 0 Å². The number of thioether (sulfide) groups is 1. The molecular formula is C31H37NO2SSi. The van der Waals surface area contributed by atoms with Gasteiger partial charge in [-0.3, -0.25) is 9.59 Å². The van der Waals surface area contributed by atoms with E-state index in [1.807, 2.05) is 30.0 Å². The molecule has 0 saturated carbocycles. The number of Topliss-reactive ketones (excluding diaryl/α,β-unsaturated/α-hetero) is 1. The van der Waals surface area contributed by atoms with Crippen LogP contribution >= 0.6 is 11.8 Å². The zero-order valence-electron chi connectivity index (χ0n) is 22.2. The Morgan fingerprint density at radius 3 is 1.53 bits per heavy atom. The van der Waals surface area contributed by atoms with Crippen molar-refractivity contribution in [3.05, 3.63) is 108 Å². The fourth-order valence-electron chi connectivity index (χ4n) is 5.64. The number of benzene rings is 3. The maximum absolute atomic E-state index is 14.0. The molecular weight excluding hydrogens is 478 g/mol. The van der Waals surface area contributed by atoms with Gasteiger partial charge >= 0.3 is 0 Å². The molecule has 2 atom stereocenters. The fraction of sp³-hybridized carbons (Fsp3) is 0.355. The predicted molar refractivity (Wildman–Crippen MR) is 154 cm³/mol. The number of ketones is 1. The van der Waals surface area contributed by atoms with Crippen LogP contribution in [-0.4, -0.2) is 36.3 Å². The molecule has 0 bridgehead atoms. The summed E-state index contributed by atoms with van der Waals surface area (Å²) in [5.41, 5.74) is 3.03. The van der Waals surface area contributed by atoms with Gasteiger partial charge in [-0.25, -0.2) is 0 Å². The van der Waals surface area contributed by atoms with Gasteiger partial charge in [-0.05, 0) is 37.5 Å². The summed E-state index contributed by atoms with van der Waals surface area (Å²) in [5.74, 6) is 0.111. The molecule has 0 aromatic heterocycles. The van der Waals surface area contributed by atoms with Gasteiger partial charge in [0.1, 0.15) is 10.8 Å². The highest BCUT2D eigenvalue weighted by Crippen LogP contribution is 2.63. The lowest BCUT2D eigenvalue weighted by Gasteiger charge is -2.62. The second-order valence-electron chi connectivity index (χ2n) is 10.9. The molecule has 0 N–H and O–H groups in total. The van der Waals surface area contributed by atoms with Crippen molar-refractivity contribution in [3.63, 3.8) is 0 Å². The van der Waals surface area contributed by atoms with Crippen molar-refractivity contribution >= 4 is 32.2 Å². The van der Waals surface area contributed by atoms with Gasteiger partial charge in [-0.1, -0.05) is 111 Å². The average molecular weight is 516 g/mol. The molecule has 4 rings (SSSR count). The van der Waals surface area contributed by atoms with Crippen molar-refractivity contribution in [2.24, 2.45) is 0 Å². The maximum atomic E-state index is 14.0. The first-order chi connectivity index (χ1) is 17.1. The molecule has 188 valence electrons. The van der Waals surface area contributed by atoms with Gasteiger partial charge in [0.05, 0.1) is 18.9 Å².